The molecule has 0 aliphatic carbocycles. The van der Waals surface area contributed by atoms with Crippen molar-refractivity contribution >= 4 is 39.9 Å². The van der Waals surface area contributed by atoms with Crippen molar-refractivity contribution in [3.8, 4) is 16.9 Å². The average molecular weight is 573 g/mol. The van der Waals surface area contributed by atoms with Crippen molar-refractivity contribution < 1.29 is 13.6 Å². The minimum absolute atomic E-state index is 0.0580. The summed E-state index contributed by atoms with van der Waals surface area (Å²) in [5.41, 5.74) is 8.14. The third-order valence-electron chi connectivity index (χ3n) is 7.26. The monoisotopic (exact) mass is 572 g/mol. The van der Waals surface area contributed by atoms with Crippen molar-refractivity contribution in [2.45, 2.75) is 25.8 Å². The van der Waals surface area contributed by atoms with Crippen LogP contribution in [0.15, 0.2) is 70.2 Å². The van der Waals surface area contributed by atoms with E-state index in [2.05, 4.69) is 5.32 Å². The number of rotatable bonds is 5. The first-order valence-electron chi connectivity index (χ1n) is 13.1. The number of carbonyl (C=O) groups excluding carboxylic acids is 1. The van der Waals surface area contributed by atoms with Gasteiger partial charge < -0.3 is 16.0 Å². The van der Waals surface area contributed by atoms with E-state index in [-0.39, 0.29) is 17.6 Å². The van der Waals surface area contributed by atoms with Gasteiger partial charge in [0.2, 0.25) is 5.95 Å². The molecule has 5 aromatic rings. The van der Waals surface area contributed by atoms with Crippen LogP contribution in [0, 0.1) is 18.6 Å². The lowest BCUT2D eigenvalue weighted by atomic mass is 10.0. The molecule has 208 valence electrons. The maximum Gasteiger partial charge on any atom is 0.256 e. The summed E-state index contributed by atoms with van der Waals surface area (Å²) in [6, 6.07) is 13.5. The summed E-state index contributed by atoms with van der Waals surface area (Å²) < 4.78 is 31.0. The summed E-state index contributed by atoms with van der Waals surface area (Å²) in [7, 11) is 0. The molecule has 2 aromatic carbocycles. The Hall–Kier alpha value is -4.48. The van der Waals surface area contributed by atoms with Crippen LogP contribution >= 0.6 is 11.3 Å². The average Bonchev–Trinajstić information content (AvgIpc) is 3.50. The fourth-order valence-corrected chi connectivity index (χ4v) is 5.66. The number of carbonyl (C=O) groups is 1. The second-order valence-corrected chi connectivity index (χ2v) is 10.8. The van der Waals surface area contributed by atoms with Crippen LogP contribution in [0.2, 0.25) is 0 Å². The van der Waals surface area contributed by atoms with E-state index in [9.17, 15) is 9.59 Å². The highest BCUT2D eigenvalue weighted by atomic mass is 32.1. The number of pyridine rings is 1. The van der Waals surface area contributed by atoms with Crippen molar-refractivity contribution in [1.29, 1.82) is 0 Å². The molecule has 0 atom stereocenters. The van der Waals surface area contributed by atoms with E-state index in [1.54, 1.807) is 29.6 Å². The van der Waals surface area contributed by atoms with Crippen molar-refractivity contribution in [3.05, 3.63) is 98.5 Å². The summed E-state index contributed by atoms with van der Waals surface area (Å²) in [5, 5.41) is 6.94. The van der Waals surface area contributed by atoms with Gasteiger partial charge in [0.25, 0.3) is 11.5 Å². The highest BCUT2D eigenvalue weighted by molar-refractivity contribution is 7.08. The number of hydrogen-bond acceptors (Lipinski definition) is 7. The zero-order chi connectivity index (χ0) is 28.7. The van der Waals surface area contributed by atoms with Crippen LogP contribution in [0.25, 0.3) is 28.0 Å². The number of hydrogen-bond donors (Lipinski definition) is 2. The number of nitrogens with two attached hydrogens (primary N) is 1. The lowest BCUT2D eigenvalue weighted by Gasteiger charge is -2.30. The third-order valence-corrected chi connectivity index (χ3v) is 7.94. The lowest BCUT2D eigenvalue weighted by Crippen LogP contribution is -2.40. The second kappa shape index (κ2) is 10.8. The van der Waals surface area contributed by atoms with Gasteiger partial charge in [-0.25, -0.2) is 13.8 Å². The molecule has 11 heteroatoms. The molecule has 6 rings (SSSR count). The standard InChI is InChI=1S/C30H26F2N6O2S/c1-17-5-6-20(34-29(40)18-11-14-41-16-18)15-22(17)26-21-7-8-25(39)38(27-23(31)3-2-4-24(27)32)28(21)36-30(35-26)37-12-9-19(33)10-13-37/h2-8,11,14-16,19H,9-10,12-13,33H2,1H3,(H,34,40). The molecule has 4 heterocycles. The molecule has 1 aliphatic heterocycles. The Morgan fingerprint density at radius 2 is 1.80 bits per heavy atom. The zero-order valence-corrected chi connectivity index (χ0v) is 22.9. The minimum Gasteiger partial charge on any atom is -0.341 e. The molecule has 41 heavy (non-hydrogen) atoms. The normalized spacial score (nSPS) is 14.0. The van der Waals surface area contributed by atoms with E-state index < -0.39 is 22.9 Å². The van der Waals surface area contributed by atoms with Crippen molar-refractivity contribution in [2.75, 3.05) is 23.3 Å². The molecule has 0 spiro atoms. The van der Waals surface area contributed by atoms with Gasteiger partial charge in [0.1, 0.15) is 17.3 Å². The SMILES string of the molecule is Cc1ccc(NC(=O)c2ccsc2)cc1-c1nc(N2CCC(N)CC2)nc2c1ccc(=O)n2-c1c(F)cccc1F. The van der Waals surface area contributed by atoms with Gasteiger partial charge in [-0.05, 0) is 67.1 Å². The molecular weight excluding hydrogens is 546 g/mol. The van der Waals surface area contributed by atoms with Gasteiger partial charge in [-0.15, -0.1) is 0 Å². The van der Waals surface area contributed by atoms with Crippen molar-refractivity contribution in [1.82, 2.24) is 14.5 Å². The lowest BCUT2D eigenvalue weighted by molar-refractivity contribution is 0.102. The molecule has 0 radical (unpaired) electrons. The summed E-state index contributed by atoms with van der Waals surface area (Å²) in [4.78, 5) is 37.5. The van der Waals surface area contributed by atoms with E-state index in [0.29, 0.717) is 46.9 Å². The minimum atomic E-state index is -0.889. The van der Waals surface area contributed by atoms with Crippen LogP contribution in [0.3, 0.4) is 0 Å². The van der Waals surface area contributed by atoms with Crippen molar-refractivity contribution in [2.24, 2.45) is 5.73 Å². The molecule has 3 N–H and O–H groups in total. The summed E-state index contributed by atoms with van der Waals surface area (Å²) >= 11 is 1.43. The summed E-state index contributed by atoms with van der Waals surface area (Å²) in [6.07, 6.45) is 1.45. The third kappa shape index (κ3) is 5.09. The number of benzene rings is 2. The quantitative estimate of drug-likeness (QED) is 0.297. The van der Waals surface area contributed by atoms with Crippen LogP contribution in [-0.4, -0.2) is 39.6 Å². The number of nitrogens with one attached hydrogen (secondary N) is 1. The number of halogens is 2. The Bertz CT molecular complexity index is 1810. The number of fused-ring (bicyclic) bond motifs is 1. The first-order valence-corrected chi connectivity index (χ1v) is 14.1. The van der Waals surface area contributed by atoms with E-state index >= 15 is 8.78 Å². The molecule has 1 amide bonds. The number of piperidine rings is 1. The largest absolute Gasteiger partial charge is 0.341 e. The van der Waals surface area contributed by atoms with E-state index in [0.717, 1.165) is 35.1 Å². The maximum absolute atomic E-state index is 15.0. The summed E-state index contributed by atoms with van der Waals surface area (Å²) in [5.74, 6) is -1.70. The van der Waals surface area contributed by atoms with Gasteiger partial charge in [0.05, 0.1) is 11.3 Å². The maximum atomic E-state index is 15.0. The molecule has 0 saturated carbocycles. The van der Waals surface area contributed by atoms with Crippen LogP contribution in [0.4, 0.5) is 20.4 Å². The number of aromatic nitrogens is 3. The first kappa shape index (κ1) is 26.7. The van der Waals surface area contributed by atoms with Gasteiger partial charge in [-0.2, -0.15) is 16.3 Å². The fourth-order valence-electron chi connectivity index (χ4n) is 5.02. The Morgan fingerprint density at radius 3 is 2.51 bits per heavy atom. The number of thiophene rings is 1. The van der Waals surface area contributed by atoms with Crippen LogP contribution in [-0.2, 0) is 0 Å². The van der Waals surface area contributed by atoms with Crippen LogP contribution in [0.1, 0.15) is 28.8 Å². The zero-order valence-electron chi connectivity index (χ0n) is 22.1. The molecular formula is C30H26F2N6O2S. The van der Waals surface area contributed by atoms with Gasteiger partial charge in [0, 0.05) is 47.2 Å². The highest BCUT2D eigenvalue weighted by Crippen LogP contribution is 2.34. The molecule has 8 nitrogen and oxygen atoms in total. The molecule has 0 bridgehead atoms. The van der Waals surface area contributed by atoms with Gasteiger partial charge in [-0.1, -0.05) is 12.1 Å². The molecule has 1 saturated heterocycles. The Labute approximate surface area is 238 Å². The number of para-hydroxylation sites is 1. The summed E-state index contributed by atoms with van der Waals surface area (Å²) in [6.45, 7) is 3.08. The molecule has 1 fully saturated rings. The fraction of sp³-hybridized carbons (Fsp3) is 0.200. The number of amides is 1. The van der Waals surface area contributed by atoms with E-state index in [1.807, 2.05) is 23.3 Å². The van der Waals surface area contributed by atoms with E-state index in [4.69, 9.17) is 15.7 Å². The van der Waals surface area contributed by atoms with Crippen LogP contribution in [0.5, 0.6) is 0 Å². The number of aryl methyl sites for hydroxylation is 1. The predicted molar refractivity (Wildman–Crippen MR) is 157 cm³/mol. The smallest absolute Gasteiger partial charge is 0.256 e. The van der Waals surface area contributed by atoms with Crippen molar-refractivity contribution in [3.63, 3.8) is 0 Å². The second-order valence-electron chi connectivity index (χ2n) is 10.0. The Morgan fingerprint density at radius 1 is 1.05 bits per heavy atom. The molecule has 3 aromatic heterocycles. The van der Waals surface area contributed by atoms with E-state index in [1.165, 1.54) is 23.5 Å². The first-order chi connectivity index (χ1) is 19.8. The number of anilines is 2. The Balaban J connectivity index is 1.58. The molecule has 0 unspecified atom stereocenters. The van der Waals surface area contributed by atoms with Gasteiger partial charge in [0.15, 0.2) is 5.65 Å². The Kier molecular flexibility index (Phi) is 7.06. The van der Waals surface area contributed by atoms with Gasteiger partial charge in [-0.3, -0.25) is 14.2 Å². The molecule has 1 aliphatic rings. The topological polar surface area (TPSA) is 106 Å². The number of nitrogens with zero attached hydrogens (tertiary/aromatic N) is 4. The van der Waals surface area contributed by atoms with Gasteiger partial charge >= 0.3 is 0 Å². The van der Waals surface area contributed by atoms with Crippen LogP contribution < -0.4 is 21.5 Å². The predicted octanol–water partition coefficient (Wildman–Crippen LogP) is 5.28. The highest BCUT2D eigenvalue weighted by Gasteiger charge is 2.24.